The first-order chi connectivity index (χ1) is 10.8. The number of esters is 1. The van der Waals surface area contributed by atoms with Crippen molar-refractivity contribution in [2.24, 2.45) is 5.10 Å². The van der Waals surface area contributed by atoms with E-state index in [9.17, 15) is 35.5 Å². The molecule has 0 aliphatic carbocycles. The molecule has 24 heavy (non-hydrogen) atoms. The first-order valence-electron chi connectivity index (χ1n) is 5.88. The second-order valence-corrected chi connectivity index (χ2v) is 5.15. The van der Waals surface area contributed by atoms with Gasteiger partial charge in [0, 0.05) is 6.92 Å². The summed E-state index contributed by atoms with van der Waals surface area (Å²) in [6, 6.07) is -2.00. The third-order valence-corrected chi connectivity index (χ3v) is 3.00. The quantitative estimate of drug-likeness (QED) is 0.193. The fourth-order valence-electron chi connectivity index (χ4n) is 1.27. The predicted octanol–water partition coefficient (Wildman–Crippen LogP) is 4.09. The maximum atomic E-state index is 12.9. The van der Waals surface area contributed by atoms with Gasteiger partial charge in [-0.15, -0.1) is 0 Å². The summed E-state index contributed by atoms with van der Waals surface area (Å²) in [4.78, 5) is 10.8. The van der Waals surface area contributed by atoms with Gasteiger partial charge in [0.15, 0.2) is 0 Å². The highest BCUT2D eigenvalue weighted by Crippen LogP contribution is 2.44. The molecule has 0 fully saturated rings. The zero-order chi connectivity index (χ0) is 18.8. The minimum atomic E-state index is -6.45. The molecule has 1 aromatic carbocycles. The van der Waals surface area contributed by atoms with Crippen LogP contribution in [0.15, 0.2) is 27.8 Å². The molecule has 1 rings (SSSR count). The summed E-state index contributed by atoms with van der Waals surface area (Å²) in [5, 5.41) is 2.69. The highest BCUT2D eigenvalue weighted by Gasteiger charge is 2.73. The molecule has 0 atom stereocenters. The maximum absolute atomic E-state index is 12.9. The number of carbonyl (C=O) groups is 1. The summed E-state index contributed by atoms with van der Waals surface area (Å²) in [6.07, 6.45) is -5.86. The standard InChI is InChI=1S/C12H8BrF7N2O2/c1-6(23)24-9-3-2-7(4-8(9)13)5-21-22-12(19,20)10(14,15)11(16,17)18/h2-5,22H,1H3/b21-5-. The number of alkyl halides is 7. The number of rotatable bonds is 5. The molecule has 4 nitrogen and oxygen atoms in total. The molecule has 0 aliphatic rings. The zero-order valence-corrected chi connectivity index (χ0v) is 13.2. The topological polar surface area (TPSA) is 50.7 Å². The van der Waals surface area contributed by atoms with E-state index in [1.165, 1.54) is 18.2 Å². The summed E-state index contributed by atoms with van der Waals surface area (Å²) in [5.74, 6) is -6.86. The van der Waals surface area contributed by atoms with Crippen LogP contribution >= 0.6 is 15.9 Å². The van der Waals surface area contributed by atoms with E-state index in [4.69, 9.17) is 4.74 Å². The number of halogens is 8. The second kappa shape index (κ2) is 6.95. The van der Waals surface area contributed by atoms with Crippen LogP contribution in [0.5, 0.6) is 5.75 Å². The summed E-state index contributed by atoms with van der Waals surface area (Å²) < 4.78 is 91.7. The molecule has 0 aromatic heterocycles. The van der Waals surface area contributed by atoms with Crippen molar-refractivity contribution in [3.05, 3.63) is 28.2 Å². The maximum Gasteiger partial charge on any atom is 0.462 e. The first kappa shape index (κ1) is 20.2. The molecule has 0 saturated carbocycles. The average molecular weight is 425 g/mol. The van der Waals surface area contributed by atoms with Crippen molar-refractivity contribution in [2.45, 2.75) is 25.1 Å². The Morgan fingerprint density at radius 3 is 2.25 bits per heavy atom. The van der Waals surface area contributed by atoms with Crippen LogP contribution in [0.25, 0.3) is 0 Å². The Morgan fingerprint density at radius 1 is 1.21 bits per heavy atom. The molecule has 0 aliphatic heterocycles. The van der Waals surface area contributed by atoms with Gasteiger partial charge in [-0.1, -0.05) is 0 Å². The van der Waals surface area contributed by atoms with E-state index in [1.807, 2.05) is 0 Å². The molecular weight excluding hydrogens is 417 g/mol. The monoisotopic (exact) mass is 424 g/mol. The minimum absolute atomic E-state index is 0.0522. The Kier molecular flexibility index (Phi) is 5.85. The molecule has 0 saturated heterocycles. The molecule has 0 heterocycles. The van der Waals surface area contributed by atoms with Gasteiger partial charge < -0.3 is 4.74 Å². The van der Waals surface area contributed by atoms with Gasteiger partial charge in [0.2, 0.25) is 0 Å². The summed E-state index contributed by atoms with van der Waals surface area (Å²) in [6.45, 7) is 1.13. The Morgan fingerprint density at radius 2 is 1.79 bits per heavy atom. The van der Waals surface area contributed by atoms with Crippen molar-refractivity contribution in [2.75, 3.05) is 0 Å². The van der Waals surface area contributed by atoms with Gasteiger partial charge in [-0.3, -0.25) is 4.79 Å². The van der Waals surface area contributed by atoms with Gasteiger partial charge >= 0.3 is 24.1 Å². The van der Waals surface area contributed by atoms with Crippen LogP contribution in [-0.2, 0) is 4.79 Å². The fraction of sp³-hybridized carbons (Fsp3) is 0.333. The lowest BCUT2D eigenvalue weighted by atomic mass is 10.2. The molecule has 1 aromatic rings. The van der Waals surface area contributed by atoms with Gasteiger partial charge in [0.1, 0.15) is 5.75 Å². The third kappa shape index (κ3) is 4.58. The lowest BCUT2D eigenvalue weighted by Crippen LogP contribution is -2.58. The summed E-state index contributed by atoms with van der Waals surface area (Å²) in [5.41, 5.74) is 0.538. The van der Waals surface area contributed by atoms with Crippen LogP contribution in [-0.4, -0.2) is 30.3 Å². The van der Waals surface area contributed by atoms with E-state index in [0.717, 1.165) is 6.92 Å². The molecule has 12 heteroatoms. The SMILES string of the molecule is CC(=O)Oc1ccc(/C=N\NC(F)(F)C(F)(F)C(F)(F)F)cc1Br. The van der Waals surface area contributed by atoms with Gasteiger partial charge in [-0.2, -0.15) is 35.8 Å². The molecule has 134 valence electrons. The van der Waals surface area contributed by atoms with Crippen molar-refractivity contribution >= 4 is 28.1 Å². The number of ether oxygens (including phenoxy) is 1. The normalized spacial score (nSPS) is 13.2. The molecule has 0 bridgehead atoms. The summed E-state index contributed by atoms with van der Waals surface area (Å²) >= 11 is 2.99. The van der Waals surface area contributed by atoms with Crippen molar-refractivity contribution in [3.63, 3.8) is 0 Å². The van der Waals surface area contributed by atoms with Gasteiger partial charge in [-0.25, -0.2) is 5.43 Å². The molecule has 1 N–H and O–H groups in total. The second-order valence-electron chi connectivity index (χ2n) is 4.30. The van der Waals surface area contributed by atoms with Crippen LogP contribution in [0.3, 0.4) is 0 Å². The number of carbonyl (C=O) groups excluding carboxylic acids is 1. The Labute approximate surface area is 138 Å². The highest BCUT2D eigenvalue weighted by atomic mass is 79.9. The van der Waals surface area contributed by atoms with Crippen LogP contribution in [0.2, 0.25) is 0 Å². The van der Waals surface area contributed by atoms with E-state index in [1.54, 1.807) is 0 Å². The molecule has 0 radical (unpaired) electrons. The minimum Gasteiger partial charge on any atom is -0.426 e. The summed E-state index contributed by atoms with van der Waals surface area (Å²) in [7, 11) is 0. The number of hydrogen-bond donors (Lipinski definition) is 1. The van der Waals surface area contributed by atoms with E-state index >= 15 is 0 Å². The zero-order valence-electron chi connectivity index (χ0n) is 11.6. The van der Waals surface area contributed by atoms with Gasteiger partial charge in [-0.05, 0) is 39.7 Å². The Hall–Kier alpha value is -1.85. The fourth-order valence-corrected chi connectivity index (χ4v) is 1.75. The van der Waals surface area contributed by atoms with Crippen LogP contribution in [0.1, 0.15) is 12.5 Å². The van der Waals surface area contributed by atoms with E-state index < -0.39 is 24.1 Å². The average Bonchev–Trinajstić information content (AvgIpc) is 2.39. The van der Waals surface area contributed by atoms with Crippen molar-refractivity contribution in [1.29, 1.82) is 0 Å². The molecule has 0 spiro atoms. The predicted molar refractivity (Wildman–Crippen MR) is 72.1 cm³/mol. The number of nitrogens with zero attached hydrogens (tertiary/aromatic N) is 1. The van der Waals surface area contributed by atoms with E-state index in [-0.39, 0.29) is 15.8 Å². The number of hydrogen-bond acceptors (Lipinski definition) is 4. The molecular formula is C12H8BrF7N2O2. The first-order valence-corrected chi connectivity index (χ1v) is 6.68. The molecule has 0 unspecified atom stereocenters. The lowest BCUT2D eigenvalue weighted by molar-refractivity contribution is -0.361. The third-order valence-electron chi connectivity index (χ3n) is 2.38. The van der Waals surface area contributed by atoms with Crippen molar-refractivity contribution < 1.29 is 40.3 Å². The van der Waals surface area contributed by atoms with E-state index in [0.29, 0.717) is 11.6 Å². The number of nitrogens with one attached hydrogen (secondary N) is 1. The Balaban J connectivity index is 2.87. The Bertz CT molecular complexity index is 647. The van der Waals surface area contributed by atoms with Crippen molar-refractivity contribution in [1.82, 2.24) is 5.43 Å². The van der Waals surface area contributed by atoms with Crippen LogP contribution in [0.4, 0.5) is 30.7 Å². The highest BCUT2D eigenvalue weighted by molar-refractivity contribution is 9.10. The number of hydrazone groups is 1. The van der Waals surface area contributed by atoms with Crippen LogP contribution < -0.4 is 10.2 Å². The molecule has 0 amide bonds. The van der Waals surface area contributed by atoms with Crippen molar-refractivity contribution in [3.8, 4) is 5.75 Å². The largest absolute Gasteiger partial charge is 0.462 e. The number of benzene rings is 1. The smallest absolute Gasteiger partial charge is 0.426 e. The van der Waals surface area contributed by atoms with E-state index in [2.05, 4.69) is 21.0 Å². The van der Waals surface area contributed by atoms with Gasteiger partial charge in [0.05, 0.1) is 10.7 Å². The lowest BCUT2D eigenvalue weighted by Gasteiger charge is -2.27. The van der Waals surface area contributed by atoms with Gasteiger partial charge in [0.25, 0.3) is 0 Å². The van der Waals surface area contributed by atoms with Crippen LogP contribution in [0, 0.1) is 0 Å².